The molecule has 0 radical (unpaired) electrons. The monoisotopic (exact) mass is 440 g/mol. The van der Waals surface area contributed by atoms with Crippen molar-refractivity contribution in [3.05, 3.63) is 29.8 Å². The fourth-order valence-electron chi connectivity index (χ4n) is 3.19. The van der Waals surface area contributed by atoms with Gasteiger partial charge in [0.15, 0.2) is 24.6 Å². The zero-order chi connectivity index (χ0) is 23.0. The van der Waals surface area contributed by atoms with Crippen LogP contribution in [0, 0.1) is 0 Å². The number of rotatable bonds is 9. The van der Waals surface area contributed by atoms with Crippen LogP contribution in [-0.2, 0) is 49.4 Å². The molecule has 0 amide bonds. The maximum Gasteiger partial charge on any atom is 0.303 e. The number of carbonyl (C=O) groups is 3. The zero-order valence-corrected chi connectivity index (χ0v) is 18.2. The van der Waals surface area contributed by atoms with Gasteiger partial charge in [-0.15, -0.1) is 0 Å². The van der Waals surface area contributed by atoms with Crippen LogP contribution in [0.1, 0.15) is 26.3 Å². The Morgan fingerprint density at radius 2 is 1.39 bits per heavy atom. The summed E-state index contributed by atoms with van der Waals surface area (Å²) in [6, 6.07) is 7.30. The van der Waals surface area contributed by atoms with Crippen LogP contribution in [0.5, 0.6) is 5.75 Å². The van der Waals surface area contributed by atoms with Gasteiger partial charge in [0.25, 0.3) is 0 Å². The highest BCUT2D eigenvalue weighted by atomic mass is 16.7. The summed E-state index contributed by atoms with van der Waals surface area (Å²) in [5.41, 5.74) is 0.887. The van der Waals surface area contributed by atoms with Gasteiger partial charge in [0.2, 0.25) is 0 Å². The molecule has 0 aromatic heterocycles. The van der Waals surface area contributed by atoms with Crippen molar-refractivity contribution in [2.45, 2.75) is 58.1 Å². The van der Waals surface area contributed by atoms with Gasteiger partial charge in [0, 0.05) is 27.9 Å². The summed E-state index contributed by atoms with van der Waals surface area (Å²) >= 11 is 0. The lowest BCUT2D eigenvalue weighted by Gasteiger charge is -2.43. The Morgan fingerprint density at radius 1 is 0.839 bits per heavy atom. The molecule has 0 bridgehead atoms. The average molecular weight is 440 g/mol. The van der Waals surface area contributed by atoms with Crippen LogP contribution < -0.4 is 4.74 Å². The van der Waals surface area contributed by atoms with E-state index in [2.05, 4.69) is 0 Å². The first kappa shape index (κ1) is 24.6. The van der Waals surface area contributed by atoms with Crippen LogP contribution in [0.4, 0.5) is 0 Å². The number of esters is 3. The predicted octanol–water partition coefficient (Wildman–Crippen LogP) is 1.38. The van der Waals surface area contributed by atoms with Gasteiger partial charge in [-0.3, -0.25) is 14.4 Å². The third-order valence-corrected chi connectivity index (χ3v) is 4.44. The lowest BCUT2D eigenvalue weighted by Crippen LogP contribution is -2.62. The highest BCUT2D eigenvalue weighted by molar-refractivity contribution is 5.68. The number of benzene rings is 1. The van der Waals surface area contributed by atoms with Gasteiger partial charge in [0.05, 0.1) is 20.3 Å². The van der Waals surface area contributed by atoms with E-state index in [0.29, 0.717) is 0 Å². The van der Waals surface area contributed by atoms with Crippen molar-refractivity contribution < 1.29 is 47.5 Å². The standard InChI is InChI=1S/C21H28O10/c1-12(22)28-18-17(11-27-10-15-6-8-16(25-4)9-7-15)31-21(26-5)20(30-14(3)24)19(18)29-13(2)23/h6-9,17-21H,10-11H2,1-5H3/t17-,18-,19+,20-,21+/m1/s1. The summed E-state index contributed by atoms with van der Waals surface area (Å²) in [6.07, 6.45) is -5.25. The van der Waals surface area contributed by atoms with Crippen molar-refractivity contribution in [1.82, 2.24) is 0 Å². The van der Waals surface area contributed by atoms with Crippen LogP contribution in [0.2, 0.25) is 0 Å². The maximum absolute atomic E-state index is 11.7. The van der Waals surface area contributed by atoms with E-state index in [-0.39, 0.29) is 13.2 Å². The topological polar surface area (TPSA) is 116 Å². The molecule has 31 heavy (non-hydrogen) atoms. The van der Waals surface area contributed by atoms with E-state index in [1.54, 1.807) is 19.2 Å². The van der Waals surface area contributed by atoms with Gasteiger partial charge in [-0.1, -0.05) is 12.1 Å². The highest BCUT2D eigenvalue weighted by Gasteiger charge is 2.52. The van der Waals surface area contributed by atoms with E-state index in [9.17, 15) is 14.4 Å². The molecule has 5 atom stereocenters. The van der Waals surface area contributed by atoms with Crippen LogP contribution in [0.25, 0.3) is 0 Å². The number of carbonyl (C=O) groups excluding carboxylic acids is 3. The van der Waals surface area contributed by atoms with Crippen molar-refractivity contribution in [2.24, 2.45) is 0 Å². The Bertz CT molecular complexity index is 747. The Labute approximate surface area is 180 Å². The molecule has 0 spiro atoms. The normalized spacial score (nSPS) is 25.4. The SMILES string of the molecule is COc1ccc(COC[C@H]2O[C@H](OC)[C@H](OC(C)=O)[C@@H](OC(C)=O)[C@@H]2OC(C)=O)cc1. The minimum atomic E-state index is -1.14. The van der Waals surface area contributed by atoms with Crippen molar-refractivity contribution in [2.75, 3.05) is 20.8 Å². The molecule has 10 heteroatoms. The highest BCUT2D eigenvalue weighted by Crippen LogP contribution is 2.29. The van der Waals surface area contributed by atoms with E-state index < -0.39 is 48.6 Å². The molecule has 1 aromatic rings. The Morgan fingerprint density at radius 3 is 1.90 bits per heavy atom. The first-order valence-corrected chi connectivity index (χ1v) is 9.65. The van der Waals surface area contributed by atoms with E-state index in [4.69, 9.17) is 33.2 Å². The summed E-state index contributed by atoms with van der Waals surface area (Å²) in [5, 5.41) is 0. The van der Waals surface area contributed by atoms with Crippen molar-refractivity contribution in [3.8, 4) is 5.75 Å². The summed E-state index contributed by atoms with van der Waals surface area (Å²) in [7, 11) is 2.93. The quantitative estimate of drug-likeness (QED) is 0.412. The number of ether oxygens (including phenoxy) is 7. The molecule has 172 valence electrons. The Kier molecular flexibility index (Phi) is 9.22. The second-order valence-electron chi connectivity index (χ2n) is 6.86. The van der Waals surface area contributed by atoms with Gasteiger partial charge in [-0.2, -0.15) is 0 Å². The molecule has 10 nitrogen and oxygen atoms in total. The third-order valence-electron chi connectivity index (χ3n) is 4.44. The van der Waals surface area contributed by atoms with Crippen molar-refractivity contribution in [1.29, 1.82) is 0 Å². The minimum absolute atomic E-state index is 0.00556. The number of hydrogen-bond donors (Lipinski definition) is 0. The largest absolute Gasteiger partial charge is 0.497 e. The first-order chi connectivity index (χ1) is 14.7. The fourth-order valence-corrected chi connectivity index (χ4v) is 3.19. The van der Waals surface area contributed by atoms with Crippen LogP contribution in [-0.4, -0.2) is 69.4 Å². The molecular formula is C21H28O10. The molecule has 1 fully saturated rings. The van der Waals surface area contributed by atoms with Gasteiger partial charge < -0.3 is 33.2 Å². The molecule has 1 saturated heterocycles. The Balaban J connectivity index is 2.18. The van der Waals surface area contributed by atoms with Crippen LogP contribution in [0.15, 0.2) is 24.3 Å². The molecular weight excluding hydrogens is 412 g/mol. The molecule has 0 unspecified atom stereocenters. The summed E-state index contributed by atoms with van der Waals surface area (Å²) in [5.74, 6) is -1.18. The summed E-state index contributed by atoms with van der Waals surface area (Å²) < 4.78 is 38.0. The van der Waals surface area contributed by atoms with Crippen LogP contribution in [0.3, 0.4) is 0 Å². The first-order valence-electron chi connectivity index (χ1n) is 9.65. The number of methoxy groups -OCH3 is 2. The van der Waals surface area contributed by atoms with E-state index in [1.165, 1.54) is 27.9 Å². The van der Waals surface area contributed by atoms with E-state index in [1.807, 2.05) is 12.1 Å². The summed E-state index contributed by atoms with van der Waals surface area (Å²) in [6.45, 7) is 3.85. The third kappa shape index (κ3) is 7.20. The molecule has 1 aromatic carbocycles. The van der Waals surface area contributed by atoms with E-state index >= 15 is 0 Å². The van der Waals surface area contributed by atoms with Gasteiger partial charge >= 0.3 is 17.9 Å². The second-order valence-corrected chi connectivity index (χ2v) is 6.86. The second kappa shape index (κ2) is 11.6. The lowest BCUT2D eigenvalue weighted by molar-refractivity contribution is -0.304. The molecule has 1 aliphatic heterocycles. The average Bonchev–Trinajstić information content (AvgIpc) is 2.71. The smallest absolute Gasteiger partial charge is 0.303 e. The predicted molar refractivity (Wildman–Crippen MR) is 105 cm³/mol. The van der Waals surface area contributed by atoms with Gasteiger partial charge in [0.1, 0.15) is 11.9 Å². The molecule has 2 rings (SSSR count). The van der Waals surface area contributed by atoms with Crippen molar-refractivity contribution >= 4 is 17.9 Å². The number of hydrogen-bond acceptors (Lipinski definition) is 10. The zero-order valence-electron chi connectivity index (χ0n) is 18.2. The Hall–Kier alpha value is -2.69. The fraction of sp³-hybridized carbons (Fsp3) is 0.571. The van der Waals surface area contributed by atoms with Gasteiger partial charge in [-0.05, 0) is 17.7 Å². The molecule has 1 heterocycles. The van der Waals surface area contributed by atoms with Crippen molar-refractivity contribution in [3.63, 3.8) is 0 Å². The molecule has 0 N–H and O–H groups in total. The molecule has 0 saturated carbocycles. The maximum atomic E-state index is 11.7. The molecule has 0 aliphatic carbocycles. The van der Waals surface area contributed by atoms with Crippen LogP contribution >= 0.6 is 0 Å². The lowest BCUT2D eigenvalue weighted by atomic mass is 9.98. The van der Waals surface area contributed by atoms with E-state index in [0.717, 1.165) is 11.3 Å². The van der Waals surface area contributed by atoms with Gasteiger partial charge in [-0.25, -0.2) is 0 Å². The minimum Gasteiger partial charge on any atom is -0.497 e. The molecule has 1 aliphatic rings. The summed E-state index contributed by atoms with van der Waals surface area (Å²) in [4.78, 5) is 35.0.